The molecule has 2 heterocycles. The molecule has 0 spiro atoms. The van der Waals surface area contributed by atoms with E-state index in [0.717, 1.165) is 6.07 Å². The summed E-state index contributed by atoms with van der Waals surface area (Å²) >= 11 is 0. The Hall–Kier alpha value is -4.06. The van der Waals surface area contributed by atoms with Gasteiger partial charge >= 0.3 is 18.2 Å². The average Bonchev–Trinajstić information content (AvgIpc) is 2.85. The number of benzene rings is 2. The monoisotopic (exact) mass is 493 g/mol. The first-order chi connectivity index (χ1) is 16.7. The van der Waals surface area contributed by atoms with Crippen LogP contribution in [0.4, 0.5) is 18.0 Å². The van der Waals surface area contributed by atoms with Crippen LogP contribution in [0.3, 0.4) is 0 Å². The summed E-state index contributed by atoms with van der Waals surface area (Å²) in [5.41, 5.74) is -1.38. The highest BCUT2D eigenvalue weighted by atomic mass is 19.4. The number of alkyl halides is 3. The molecule has 1 aliphatic heterocycles. The van der Waals surface area contributed by atoms with E-state index in [2.05, 4.69) is 4.74 Å². The maximum Gasteiger partial charge on any atom is 0.453 e. The van der Waals surface area contributed by atoms with Crippen molar-refractivity contribution in [2.75, 3.05) is 33.4 Å². The summed E-state index contributed by atoms with van der Waals surface area (Å²) in [7, 11) is 1.18. The number of amides is 1. The molecule has 35 heavy (non-hydrogen) atoms. The minimum atomic E-state index is -5.07. The highest BCUT2D eigenvalue weighted by molar-refractivity contribution is 5.89. The van der Waals surface area contributed by atoms with E-state index in [0.29, 0.717) is 26.3 Å². The number of carbonyl (C=O) groups is 2. The number of fused-ring (bicyclic) bond motifs is 1. The molecule has 0 radical (unpaired) electrons. The lowest BCUT2D eigenvalue weighted by Crippen LogP contribution is -2.42. The SMILES string of the molecule is COC(=O)c1ccc(Oc2c(C(F)(F)F)oc3cc(OC(=O)N4CCOCC4)ccc3c2=O)cc1. The van der Waals surface area contributed by atoms with E-state index in [1.807, 2.05) is 0 Å². The first-order valence-electron chi connectivity index (χ1n) is 10.3. The Morgan fingerprint density at radius 1 is 1.00 bits per heavy atom. The molecule has 0 atom stereocenters. The van der Waals surface area contributed by atoms with Gasteiger partial charge in [-0.2, -0.15) is 13.2 Å². The van der Waals surface area contributed by atoms with Crippen molar-refractivity contribution >= 4 is 23.0 Å². The van der Waals surface area contributed by atoms with E-state index >= 15 is 0 Å². The van der Waals surface area contributed by atoms with Gasteiger partial charge in [0, 0.05) is 19.2 Å². The van der Waals surface area contributed by atoms with Gasteiger partial charge in [-0.1, -0.05) is 0 Å². The lowest BCUT2D eigenvalue weighted by molar-refractivity contribution is -0.154. The quantitative estimate of drug-likeness (QED) is 0.498. The molecule has 184 valence electrons. The van der Waals surface area contributed by atoms with Gasteiger partial charge in [0.2, 0.25) is 11.2 Å². The van der Waals surface area contributed by atoms with Crippen molar-refractivity contribution in [3.8, 4) is 17.2 Å². The average molecular weight is 493 g/mol. The van der Waals surface area contributed by atoms with E-state index in [1.54, 1.807) is 0 Å². The summed E-state index contributed by atoms with van der Waals surface area (Å²) in [4.78, 5) is 38.1. The zero-order chi connectivity index (χ0) is 25.2. The number of hydrogen-bond donors (Lipinski definition) is 0. The Balaban J connectivity index is 1.68. The number of ether oxygens (including phenoxy) is 4. The molecule has 0 bridgehead atoms. The number of halogens is 3. The van der Waals surface area contributed by atoms with Crippen LogP contribution in [0.25, 0.3) is 11.0 Å². The predicted octanol–water partition coefficient (Wildman–Crippen LogP) is 4.22. The van der Waals surface area contributed by atoms with Crippen molar-refractivity contribution in [2.24, 2.45) is 0 Å². The van der Waals surface area contributed by atoms with Crippen LogP contribution < -0.4 is 14.9 Å². The molecule has 1 saturated heterocycles. The molecular formula is C23H18F3NO8. The van der Waals surface area contributed by atoms with Crippen LogP contribution in [-0.2, 0) is 15.7 Å². The van der Waals surface area contributed by atoms with E-state index in [-0.39, 0.29) is 22.4 Å². The van der Waals surface area contributed by atoms with Gasteiger partial charge in [0.1, 0.15) is 17.1 Å². The van der Waals surface area contributed by atoms with Crippen LogP contribution in [0.1, 0.15) is 16.1 Å². The number of nitrogens with zero attached hydrogens (tertiary/aromatic N) is 1. The molecule has 0 saturated carbocycles. The van der Waals surface area contributed by atoms with Crippen LogP contribution in [0.2, 0.25) is 0 Å². The molecule has 3 aromatic rings. The number of methoxy groups -OCH3 is 1. The highest BCUT2D eigenvalue weighted by Crippen LogP contribution is 2.38. The number of esters is 1. The van der Waals surface area contributed by atoms with Gasteiger partial charge in [-0.15, -0.1) is 0 Å². The van der Waals surface area contributed by atoms with Crippen molar-refractivity contribution in [3.05, 3.63) is 64.0 Å². The highest BCUT2D eigenvalue weighted by Gasteiger charge is 2.40. The molecule has 0 aliphatic carbocycles. The Kier molecular flexibility index (Phi) is 6.65. The summed E-state index contributed by atoms with van der Waals surface area (Å²) in [6.07, 6.45) is -5.78. The molecule has 0 unspecified atom stereocenters. The van der Waals surface area contributed by atoms with Crippen molar-refractivity contribution < 1.29 is 46.1 Å². The fourth-order valence-corrected chi connectivity index (χ4v) is 3.31. The van der Waals surface area contributed by atoms with Gasteiger partial charge in [-0.05, 0) is 36.4 Å². The van der Waals surface area contributed by atoms with Gasteiger partial charge in [-0.3, -0.25) is 4.79 Å². The van der Waals surface area contributed by atoms with Gasteiger partial charge < -0.3 is 28.3 Å². The molecule has 1 amide bonds. The van der Waals surface area contributed by atoms with Crippen molar-refractivity contribution in [2.45, 2.75) is 6.18 Å². The maximum absolute atomic E-state index is 13.8. The van der Waals surface area contributed by atoms with Gasteiger partial charge in [0.15, 0.2) is 0 Å². The lowest BCUT2D eigenvalue weighted by atomic mass is 10.2. The van der Waals surface area contributed by atoms with Crippen LogP contribution in [0, 0.1) is 0 Å². The molecule has 1 fully saturated rings. The molecule has 12 heteroatoms. The molecule has 1 aromatic heterocycles. The largest absolute Gasteiger partial charge is 0.465 e. The van der Waals surface area contributed by atoms with Crippen LogP contribution >= 0.6 is 0 Å². The van der Waals surface area contributed by atoms with Crippen LogP contribution in [0.15, 0.2) is 51.7 Å². The number of hydrogen-bond acceptors (Lipinski definition) is 8. The molecule has 4 rings (SSSR count). The standard InChI is InChI=1S/C23H18F3NO8/c1-31-21(29)13-2-4-14(5-3-13)33-19-18(28)16-7-6-15(12-17(16)35-20(19)23(24,25)26)34-22(30)27-8-10-32-11-9-27/h2-7,12H,8-11H2,1H3. The zero-order valence-corrected chi connectivity index (χ0v) is 18.2. The zero-order valence-electron chi connectivity index (χ0n) is 18.2. The molecule has 0 N–H and O–H groups in total. The second-order valence-corrected chi connectivity index (χ2v) is 7.33. The first-order valence-corrected chi connectivity index (χ1v) is 10.3. The number of rotatable bonds is 4. The van der Waals surface area contributed by atoms with E-state index in [1.165, 1.54) is 48.4 Å². The van der Waals surface area contributed by atoms with Crippen LogP contribution in [-0.4, -0.2) is 50.4 Å². The maximum atomic E-state index is 13.8. The third-order valence-electron chi connectivity index (χ3n) is 5.05. The molecule has 1 aliphatic rings. The van der Waals surface area contributed by atoms with E-state index in [4.69, 9.17) is 18.6 Å². The molecule has 9 nitrogen and oxygen atoms in total. The number of carbonyl (C=O) groups excluding carboxylic acids is 2. The lowest BCUT2D eigenvalue weighted by Gasteiger charge is -2.25. The second kappa shape index (κ2) is 9.66. The van der Waals surface area contributed by atoms with Crippen molar-refractivity contribution in [1.29, 1.82) is 0 Å². The van der Waals surface area contributed by atoms with Crippen molar-refractivity contribution in [1.82, 2.24) is 4.90 Å². The second-order valence-electron chi connectivity index (χ2n) is 7.33. The summed E-state index contributed by atoms with van der Waals surface area (Å²) in [6, 6.07) is 8.43. The summed E-state index contributed by atoms with van der Waals surface area (Å²) in [6.45, 7) is 1.29. The number of morpholine rings is 1. The minimum absolute atomic E-state index is 0.0997. The topological polar surface area (TPSA) is 105 Å². The minimum Gasteiger partial charge on any atom is -0.465 e. The first kappa shape index (κ1) is 24.1. The summed E-state index contributed by atoms with van der Waals surface area (Å²) in [5.74, 6) is -3.62. The van der Waals surface area contributed by atoms with Gasteiger partial charge in [0.05, 0.1) is 31.3 Å². The molecule has 2 aromatic carbocycles. The Morgan fingerprint density at radius 2 is 1.66 bits per heavy atom. The van der Waals surface area contributed by atoms with E-state index in [9.17, 15) is 27.6 Å². The van der Waals surface area contributed by atoms with Gasteiger partial charge in [-0.25, -0.2) is 9.59 Å². The van der Waals surface area contributed by atoms with Gasteiger partial charge in [0.25, 0.3) is 5.76 Å². The molecular weight excluding hydrogens is 475 g/mol. The van der Waals surface area contributed by atoms with Crippen molar-refractivity contribution in [3.63, 3.8) is 0 Å². The third kappa shape index (κ3) is 5.22. The Labute approximate surface area is 195 Å². The van der Waals surface area contributed by atoms with Crippen LogP contribution in [0.5, 0.6) is 17.2 Å². The smallest absolute Gasteiger partial charge is 0.453 e. The third-order valence-corrected chi connectivity index (χ3v) is 5.05. The Morgan fingerprint density at radius 3 is 2.29 bits per heavy atom. The summed E-state index contributed by atoms with van der Waals surface area (Å²) in [5, 5.41) is -0.217. The predicted molar refractivity (Wildman–Crippen MR) is 114 cm³/mol. The summed E-state index contributed by atoms with van der Waals surface area (Å²) < 4.78 is 66.4. The van der Waals surface area contributed by atoms with E-state index < -0.39 is 40.8 Å². The normalized spacial score (nSPS) is 14.0. The fourth-order valence-electron chi connectivity index (χ4n) is 3.31. The Bertz CT molecular complexity index is 1310. The fraction of sp³-hybridized carbons (Fsp3) is 0.261.